The molecule has 0 saturated heterocycles. The first-order chi connectivity index (χ1) is 12.4. The van der Waals surface area contributed by atoms with Crippen LogP contribution in [0.3, 0.4) is 0 Å². The Bertz CT molecular complexity index is 813. The number of hydrogen-bond donors (Lipinski definition) is 1. The molecule has 25 heavy (non-hydrogen) atoms. The maximum absolute atomic E-state index is 6.22. The highest BCUT2D eigenvalue weighted by atomic mass is 16.5. The molecule has 1 N–H and O–H groups in total. The second kappa shape index (κ2) is 7.62. The minimum Gasteiger partial charge on any atom is -0.490 e. The zero-order valence-corrected chi connectivity index (χ0v) is 14.3. The summed E-state index contributed by atoms with van der Waals surface area (Å²) in [5.74, 6) is 0.963. The van der Waals surface area contributed by atoms with Crippen LogP contribution in [0.1, 0.15) is 31.2 Å². The van der Waals surface area contributed by atoms with Crippen LogP contribution < -0.4 is 10.1 Å². The van der Waals surface area contributed by atoms with E-state index in [1.807, 2.05) is 36.9 Å². The quantitative estimate of drug-likeness (QED) is 0.763. The fraction of sp³-hybridized carbons (Fsp3) is 0.333. The van der Waals surface area contributed by atoms with Gasteiger partial charge in [0.1, 0.15) is 5.75 Å². The molecule has 4 rings (SSSR count). The van der Waals surface area contributed by atoms with Crippen LogP contribution in [0.5, 0.6) is 5.75 Å². The summed E-state index contributed by atoms with van der Waals surface area (Å²) in [6.45, 7) is 0.892. The fourth-order valence-electron chi connectivity index (χ4n) is 3.48. The van der Waals surface area contributed by atoms with Gasteiger partial charge in [0.05, 0.1) is 6.10 Å². The number of pyridine rings is 2. The highest BCUT2D eigenvalue weighted by molar-refractivity contribution is 5.82. The molecule has 1 fully saturated rings. The zero-order valence-electron chi connectivity index (χ0n) is 14.3. The Morgan fingerprint density at radius 3 is 2.64 bits per heavy atom. The number of ether oxygens (including phenoxy) is 1. The van der Waals surface area contributed by atoms with Crippen molar-refractivity contribution in [2.24, 2.45) is 0 Å². The fourth-order valence-corrected chi connectivity index (χ4v) is 3.48. The number of benzene rings is 1. The van der Waals surface area contributed by atoms with Gasteiger partial charge in [0, 0.05) is 42.8 Å². The highest BCUT2D eigenvalue weighted by Gasteiger charge is 2.22. The molecule has 1 aromatic carbocycles. The van der Waals surface area contributed by atoms with Gasteiger partial charge in [-0.3, -0.25) is 9.97 Å². The van der Waals surface area contributed by atoms with Gasteiger partial charge < -0.3 is 10.1 Å². The SMILES string of the molecule is c1cncc(CN[C@H]2CC[C@@H](Oc3ccc4cnccc4c3)CC2)c1. The molecule has 0 amide bonds. The van der Waals surface area contributed by atoms with Crippen molar-refractivity contribution in [3.8, 4) is 5.75 Å². The minimum atomic E-state index is 0.315. The lowest BCUT2D eigenvalue weighted by molar-refractivity contribution is 0.139. The van der Waals surface area contributed by atoms with Gasteiger partial charge in [-0.2, -0.15) is 0 Å². The van der Waals surface area contributed by atoms with Crippen molar-refractivity contribution < 1.29 is 4.74 Å². The molecule has 0 radical (unpaired) electrons. The maximum Gasteiger partial charge on any atom is 0.120 e. The molecule has 128 valence electrons. The van der Waals surface area contributed by atoms with Crippen molar-refractivity contribution in [3.05, 3.63) is 66.7 Å². The molecule has 0 bridgehead atoms. The molecule has 4 heteroatoms. The standard InChI is InChI=1S/C21H23N3O/c1-2-16(13-22-10-1)14-24-19-4-7-20(8-5-19)25-21-6-3-18-15-23-11-9-17(18)12-21/h1-3,6,9-13,15,19-20,24H,4-5,7-8,14H2/t19-,20+. The van der Waals surface area contributed by atoms with Crippen molar-refractivity contribution in [3.63, 3.8) is 0 Å². The van der Waals surface area contributed by atoms with Crippen molar-refractivity contribution >= 4 is 10.8 Å². The molecular weight excluding hydrogens is 310 g/mol. The Balaban J connectivity index is 1.28. The van der Waals surface area contributed by atoms with Gasteiger partial charge in [0.2, 0.25) is 0 Å². The third kappa shape index (κ3) is 4.15. The first-order valence-electron chi connectivity index (χ1n) is 8.99. The summed E-state index contributed by atoms with van der Waals surface area (Å²) < 4.78 is 6.22. The third-order valence-corrected chi connectivity index (χ3v) is 4.91. The number of nitrogens with one attached hydrogen (secondary N) is 1. The number of rotatable bonds is 5. The van der Waals surface area contributed by atoms with E-state index in [0.29, 0.717) is 12.1 Å². The first-order valence-corrected chi connectivity index (χ1v) is 8.99. The number of nitrogens with zero attached hydrogens (tertiary/aromatic N) is 2. The van der Waals surface area contributed by atoms with Gasteiger partial charge in [0.25, 0.3) is 0 Å². The van der Waals surface area contributed by atoms with E-state index in [0.717, 1.165) is 43.4 Å². The highest BCUT2D eigenvalue weighted by Crippen LogP contribution is 2.26. The van der Waals surface area contributed by atoms with Gasteiger partial charge >= 0.3 is 0 Å². The van der Waals surface area contributed by atoms with E-state index >= 15 is 0 Å². The largest absolute Gasteiger partial charge is 0.490 e. The lowest BCUT2D eigenvalue weighted by Gasteiger charge is -2.29. The lowest BCUT2D eigenvalue weighted by Crippen LogP contribution is -2.35. The van der Waals surface area contributed by atoms with Crippen molar-refractivity contribution in [1.82, 2.24) is 15.3 Å². The smallest absolute Gasteiger partial charge is 0.120 e. The molecule has 1 aliphatic rings. The monoisotopic (exact) mass is 333 g/mol. The molecule has 1 aliphatic carbocycles. The van der Waals surface area contributed by atoms with E-state index in [1.54, 1.807) is 0 Å². The topological polar surface area (TPSA) is 47.0 Å². The van der Waals surface area contributed by atoms with E-state index in [-0.39, 0.29) is 0 Å². The molecule has 0 unspecified atom stereocenters. The molecule has 0 spiro atoms. The van der Waals surface area contributed by atoms with Gasteiger partial charge in [-0.15, -0.1) is 0 Å². The third-order valence-electron chi connectivity index (χ3n) is 4.91. The molecule has 1 saturated carbocycles. The molecule has 0 atom stereocenters. The summed E-state index contributed by atoms with van der Waals surface area (Å²) in [5, 5.41) is 5.97. The van der Waals surface area contributed by atoms with Gasteiger partial charge in [-0.1, -0.05) is 6.07 Å². The van der Waals surface area contributed by atoms with E-state index in [2.05, 4.69) is 39.6 Å². The van der Waals surface area contributed by atoms with Crippen LogP contribution in [0.15, 0.2) is 61.2 Å². The van der Waals surface area contributed by atoms with E-state index in [9.17, 15) is 0 Å². The molecule has 0 aliphatic heterocycles. The van der Waals surface area contributed by atoms with Gasteiger partial charge in [-0.05, 0) is 67.0 Å². The summed E-state index contributed by atoms with van der Waals surface area (Å²) >= 11 is 0. The van der Waals surface area contributed by atoms with Gasteiger partial charge in [-0.25, -0.2) is 0 Å². The Labute approximate surface area is 148 Å². The van der Waals surface area contributed by atoms with Crippen LogP contribution in [0.25, 0.3) is 10.8 Å². The zero-order chi connectivity index (χ0) is 16.9. The normalized spacial score (nSPS) is 20.5. The van der Waals surface area contributed by atoms with Crippen molar-refractivity contribution in [2.45, 2.75) is 44.4 Å². The van der Waals surface area contributed by atoms with Crippen molar-refractivity contribution in [2.75, 3.05) is 0 Å². The van der Waals surface area contributed by atoms with Crippen LogP contribution >= 0.6 is 0 Å². The van der Waals surface area contributed by atoms with E-state index in [1.165, 1.54) is 10.9 Å². The van der Waals surface area contributed by atoms with Crippen LogP contribution in [-0.4, -0.2) is 22.1 Å². The summed E-state index contributed by atoms with van der Waals surface area (Å²) in [6, 6.07) is 13.0. The number of aromatic nitrogens is 2. The van der Waals surface area contributed by atoms with E-state index in [4.69, 9.17) is 4.74 Å². The second-order valence-electron chi connectivity index (χ2n) is 6.72. The Morgan fingerprint density at radius 1 is 0.920 bits per heavy atom. The molecule has 2 heterocycles. The molecule has 4 nitrogen and oxygen atoms in total. The predicted octanol–water partition coefficient (Wildman–Crippen LogP) is 4.11. The Hall–Kier alpha value is -2.46. The maximum atomic E-state index is 6.22. The molecule has 3 aromatic rings. The predicted molar refractivity (Wildman–Crippen MR) is 99.5 cm³/mol. The Kier molecular flexibility index (Phi) is 4.89. The average Bonchev–Trinajstić information content (AvgIpc) is 2.68. The van der Waals surface area contributed by atoms with Crippen LogP contribution in [0.2, 0.25) is 0 Å². The number of hydrogen-bond acceptors (Lipinski definition) is 4. The summed E-state index contributed by atoms with van der Waals surface area (Å²) in [7, 11) is 0. The van der Waals surface area contributed by atoms with Crippen molar-refractivity contribution in [1.29, 1.82) is 0 Å². The summed E-state index contributed by atoms with van der Waals surface area (Å²) in [5.41, 5.74) is 1.24. The van der Waals surface area contributed by atoms with Crippen LogP contribution in [-0.2, 0) is 6.54 Å². The van der Waals surface area contributed by atoms with Gasteiger partial charge in [0.15, 0.2) is 0 Å². The minimum absolute atomic E-state index is 0.315. The number of fused-ring (bicyclic) bond motifs is 1. The summed E-state index contributed by atoms with van der Waals surface area (Å²) in [4.78, 5) is 8.32. The van der Waals surface area contributed by atoms with Crippen LogP contribution in [0.4, 0.5) is 0 Å². The molecular formula is C21H23N3O. The summed E-state index contributed by atoms with van der Waals surface area (Å²) in [6.07, 6.45) is 12.3. The molecule has 2 aromatic heterocycles. The average molecular weight is 333 g/mol. The van der Waals surface area contributed by atoms with Crippen LogP contribution in [0, 0.1) is 0 Å². The second-order valence-corrected chi connectivity index (χ2v) is 6.72. The Morgan fingerprint density at radius 2 is 1.80 bits per heavy atom. The lowest BCUT2D eigenvalue weighted by atomic mass is 9.92. The van der Waals surface area contributed by atoms with E-state index < -0.39 is 0 Å². The first kappa shape index (κ1) is 16.0.